The van der Waals surface area contributed by atoms with Crippen LogP contribution in [0.3, 0.4) is 0 Å². The molecule has 0 bridgehead atoms. The highest BCUT2D eigenvalue weighted by Crippen LogP contribution is 2.22. The number of anilines is 1. The van der Waals surface area contributed by atoms with Gasteiger partial charge < -0.3 is 10.6 Å². The second kappa shape index (κ2) is 8.10. The Bertz CT molecular complexity index is 918. The molecule has 2 aromatic rings. The molecular formula is C20H25N3O3S. The van der Waals surface area contributed by atoms with Crippen molar-refractivity contribution in [3.05, 3.63) is 59.2 Å². The second-order valence-electron chi connectivity index (χ2n) is 6.88. The largest absolute Gasteiger partial charge is 0.349 e. The average molecular weight is 388 g/mol. The molecule has 2 aromatic carbocycles. The van der Waals surface area contributed by atoms with Crippen LogP contribution in [0.2, 0.25) is 0 Å². The molecule has 1 saturated heterocycles. The maximum Gasteiger partial charge on any atom is 0.261 e. The Morgan fingerprint density at radius 1 is 1.04 bits per heavy atom. The van der Waals surface area contributed by atoms with Crippen LogP contribution in [0, 0.1) is 13.8 Å². The topological polar surface area (TPSA) is 87.3 Å². The minimum atomic E-state index is -3.71. The number of rotatable bonds is 5. The van der Waals surface area contributed by atoms with Crippen molar-refractivity contribution in [3.63, 3.8) is 0 Å². The van der Waals surface area contributed by atoms with Crippen LogP contribution in [0.15, 0.2) is 47.4 Å². The molecule has 7 heteroatoms. The van der Waals surface area contributed by atoms with Crippen molar-refractivity contribution in [1.82, 2.24) is 10.6 Å². The molecule has 0 atom stereocenters. The number of hydrogen-bond acceptors (Lipinski definition) is 4. The standard InChI is InChI=1S/C20H25N3O3S/c1-14-4-3-5-19(15(14)2)23-27(25,26)18-8-6-16(7-9-18)20(24)22-17-10-12-21-13-11-17/h3-9,17,21,23H,10-13H2,1-2H3,(H,22,24). The maximum absolute atomic E-state index is 12.6. The van der Waals surface area contributed by atoms with E-state index in [1.54, 1.807) is 18.2 Å². The summed E-state index contributed by atoms with van der Waals surface area (Å²) in [4.78, 5) is 12.5. The van der Waals surface area contributed by atoms with Gasteiger partial charge in [0.15, 0.2) is 0 Å². The van der Waals surface area contributed by atoms with Crippen LogP contribution < -0.4 is 15.4 Å². The summed E-state index contributed by atoms with van der Waals surface area (Å²) < 4.78 is 27.9. The minimum absolute atomic E-state index is 0.127. The fourth-order valence-electron chi connectivity index (χ4n) is 3.09. The van der Waals surface area contributed by atoms with Gasteiger partial charge in [-0.1, -0.05) is 12.1 Å². The zero-order chi connectivity index (χ0) is 19.4. The number of sulfonamides is 1. The molecule has 0 saturated carbocycles. The van der Waals surface area contributed by atoms with Gasteiger partial charge in [-0.15, -0.1) is 0 Å². The molecule has 0 radical (unpaired) electrons. The van der Waals surface area contributed by atoms with E-state index in [2.05, 4.69) is 15.4 Å². The fraction of sp³-hybridized carbons (Fsp3) is 0.350. The van der Waals surface area contributed by atoms with Gasteiger partial charge in [0.05, 0.1) is 10.6 Å². The third kappa shape index (κ3) is 4.67. The van der Waals surface area contributed by atoms with Crippen molar-refractivity contribution in [2.75, 3.05) is 17.8 Å². The smallest absolute Gasteiger partial charge is 0.261 e. The Labute approximate surface area is 160 Å². The lowest BCUT2D eigenvalue weighted by Gasteiger charge is -2.23. The summed E-state index contributed by atoms with van der Waals surface area (Å²) in [5, 5.41) is 6.26. The van der Waals surface area contributed by atoms with Crippen LogP contribution in [-0.2, 0) is 10.0 Å². The zero-order valence-electron chi connectivity index (χ0n) is 15.6. The molecule has 1 aliphatic heterocycles. The van der Waals surface area contributed by atoms with Gasteiger partial charge in [0, 0.05) is 11.6 Å². The Morgan fingerprint density at radius 2 is 1.70 bits per heavy atom. The van der Waals surface area contributed by atoms with Crippen LogP contribution >= 0.6 is 0 Å². The lowest BCUT2D eigenvalue weighted by atomic mass is 10.1. The summed E-state index contributed by atoms with van der Waals surface area (Å²) in [7, 11) is -3.71. The third-order valence-electron chi connectivity index (χ3n) is 4.95. The number of nitrogens with one attached hydrogen (secondary N) is 3. The molecule has 0 aromatic heterocycles. The summed E-state index contributed by atoms with van der Waals surface area (Å²) in [6.45, 7) is 5.60. The van der Waals surface area contributed by atoms with Gasteiger partial charge in [-0.05, 0) is 81.2 Å². The van der Waals surface area contributed by atoms with Crippen molar-refractivity contribution in [2.24, 2.45) is 0 Å². The fourth-order valence-corrected chi connectivity index (χ4v) is 4.21. The van der Waals surface area contributed by atoms with Crippen LogP contribution in [0.25, 0.3) is 0 Å². The molecule has 1 fully saturated rings. The molecule has 0 aliphatic carbocycles. The predicted octanol–water partition coefficient (Wildman–Crippen LogP) is 2.59. The Hall–Kier alpha value is -2.38. The van der Waals surface area contributed by atoms with Crippen LogP contribution in [0.1, 0.15) is 34.3 Å². The first kappa shape index (κ1) is 19.4. The molecule has 27 heavy (non-hydrogen) atoms. The van der Waals surface area contributed by atoms with E-state index < -0.39 is 10.0 Å². The highest BCUT2D eigenvalue weighted by Gasteiger charge is 2.19. The van der Waals surface area contributed by atoms with Crippen LogP contribution in [0.4, 0.5) is 5.69 Å². The normalized spacial score (nSPS) is 15.3. The SMILES string of the molecule is Cc1cccc(NS(=O)(=O)c2ccc(C(=O)NC3CCNCC3)cc2)c1C. The van der Waals surface area contributed by atoms with Crippen LogP contribution in [-0.4, -0.2) is 33.5 Å². The number of carbonyl (C=O) groups is 1. The van der Waals surface area contributed by atoms with Gasteiger partial charge in [0.1, 0.15) is 0 Å². The van der Waals surface area contributed by atoms with Crippen molar-refractivity contribution < 1.29 is 13.2 Å². The molecule has 144 valence electrons. The van der Waals surface area contributed by atoms with Gasteiger partial charge in [0.2, 0.25) is 0 Å². The maximum atomic E-state index is 12.6. The molecule has 3 N–H and O–H groups in total. The monoisotopic (exact) mass is 387 g/mol. The molecule has 0 unspecified atom stereocenters. The Balaban J connectivity index is 1.71. The first-order valence-corrected chi connectivity index (χ1v) is 10.6. The molecule has 3 rings (SSSR count). The Morgan fingerprint density at radius 3 is 2.37 bits per heavy atom. The van der Waals surface area contributed by atoms with Crippen LogP contribution in [0.5, 0.6) is 0 Å². The summed E-state index contributed by atoms with van der Waals surface area (Å²) in [6.07, 6.45) is 1.80. The first-order valence-electron chi connectivity index (χ1n) is 9.07. The van der Waals surface area contributed by atoms with Gasteiger partial charge >= 0.3 is 0 Å². The van der Waals surface area contributed by atoms with Crippen molar-refractivity contribution in [1.29, 1.82) is 0 Å². The lowest BCUT2D eigenvalue weighted by Crippen LogP contribution is -2.42. The minimum Gasteiger partial charge on any atom is -0.349 e. The summed E-state index contributed by atoms with van der Waals surface area (Å²) in [5.74, 6) is -0.173. The molecule has 1 aliphatic rings. The van der Waals surface area contributed by atoms with E-state index in [1.807, 2.05) is 26.0 Å². The summed E-state index contributed by atoms with van der Waals surface area (Å²) in [5.41, 5.74) is 2.92. The molecule has 0 spiro atoms. The number of carbonyl (C=O) groups excluding carboxylic acids is 1. The second-order valence-corrected chi connectivity index (χ2v) is 8.56. The summed E-state index contributed by atoms with van der Waals surface area (Å²) in [6, 6.07) is 11.7. The van der Waals surface area contributed by atoms with Gasteiger partial charge in [-0.25, -0.2) is 8.42 Å². The van der Waals surface area contributed by atoms with Crippen molar-refractivity contribution >= 4 is 21.6 Å². The Kier molecular flexibility index (Phi) is 5.82. The predicted molar refractivity (Wildman–Crippen MR) is 107 cm³/mol. The van der Waals surface area contributed by atoms with Gasteiger partial charge in [0.25, 0.3) is 15.9 Å². The molecular weight excluding hydrogens is 362 g/mol. The van der Waals surface area contributed by atoms with E-state index in [-0.39, 0.29) is 16.8 Å². The van der Waals surface area contributed by atoms with E-state index >= 15 is 0 Å². The quantitative estimate of drug-likeness (QED) is 0.736. The molecule has 1 amide bonds. The van der Waals surface area contributed by atoms with E-state index in [9.17, 15) is 13.2 Å². The number of benzene rings is 2. The van der Waals surface area contributed by atoms with E-state index in [0.717, 1.165) is 37.1 Å². The van der Waals surface area contributed by atoms with Gasteiger partial charge in [-0.3, -0.25) is 9.52 Å². The van der Waals surface area contributed by atoms with E-state index in [4.69, 9.17) is 0 Å². The molecule has 6 nitrogen and oxygen atoms in total. The highest BCUT2D eigenvalue weighted by molar-refractivity contribution is 7.92. The van der Waals surface area contributed by atoms with Gasteiger partial charge in [-0.2, -0.15) is 0 Å². The van der Waals surface area contributed by atoms with E-state index in [0.29, 0.717) is 11.3 Å². The summed E-state index contributed by atoms with van der Waals surface area (Å²) >= 11 is 0. The van der Waals surface area contributed by atoms with Crippen molar-refractivity contribution in [2.45, 2.75) is 37.6 Å². The van der Waals surface area contributed by atoms with Crippen molar-refractivity contribution in [3.8, 4) is 0 Å². The average Bonchev–Trinajstić information content (AvgIpc) is 2.66. The van der Waals surface area contributed by atoms with E-state index in [1.165, 1.54) is 12.1 Å². The third-order valence-corrected chi connectivity index (χ3v) is 6.33. The number of aryl methyl sites for hydroxylation is 1. The number of amides is 1. The zero-order valence-corrected chi connectivity index (χ0v) is 16.4. The first-order chi connectivity index (χ1) is 12.9. The number of hydrogen-bond donors (Lipinski definition) is 3. The number of piperidine rings is 1. The molecule has 1 heterocycles. The lowest BCUT2D eigenvalue weighted by molar-refractivity contribution is 0.0929. The highest BCUT2D eigenvalue weighted by atomic mass is 32.2.